The molecular formula is C24H26N2O2. The van der Waals surface area contributed by atoms with Crippen LogP contribution < -0.4 is 0 Å². The first-order valence-electron chi connectivity index (χ1n) is 9.94. The van der Waals surface area contributed by atoms with Crippen LogP contribution in [0.1, 0.15) is 63.4 Å². The van der Waals surface area contributed by atoms with Gasteiger partial charge in [-0.3, -0.25) is 9.59 Å². The fourth-order valence-corrected chi connectivity index (χ4v) is 4.65. The highest BCUT2D eigenvalue weighted by Crippen LogP contribution is 2.33. The first-order chi connectivity index (χ1) is 13.5. The monoisotopic (exact) mass is 374 g/mol. The van der Waals surface area contributed by atoms with E-state index in [1.165, 1.54) is 16.3 Å². The van der Waals surface area contributed by atoms with Crippen LogP contribution in [0.5, 0.6) is 0 Å². The minimum Gasteiger partial charge on any atom is -0.354 e. The SMILES string of the molecule is CC(=O)c1c(C)[nH]c(C(=O)N2CCC(c3cccc4ccccc34)CC2)c1C. The van der Waals surface area contributed by atoms with Crippen molar-refractivity contribution in [2.75, 3.05) is 13.1 Å². The van der Waals surface area contributed by atoms with E-state index in [1.807, 2.05) is 18.7 Å². The van der Waals surface area contributed by atoms with Gasteiger partial charge in [-0.1, -0.05) is 42.5 Å². The first-order valence-corrected chi connectivity index (χ1v) is 9.94. The number of Topliss-reactive ketones (excluding diaryl/α,β-unsaturated/α-hetero) is 1. The van der Waals surface area contributed by atoms with Gasteiger partial charge in [-0.25, -0.2) is 0 Å². The number of aromatic amines is 1. The number of carbonyl (C=O) groups is 2. The summed E-state index contributed by atoms with van der Waals surface area (Å²) in [7, 11) is 0. The summed E-state index contributed by atoms with van der Waals surface area (Å²) in [5.74, 6) is 0.471. The highest BCUT2D eigenvalue weighted by atomic mass is 16.2. The number of hydrogen-bond donors (Lipinski definition) is 1. The fourth-order valence-electron chi connectivity index (χ4n) is 4.65. The molecule has 0 aliphatic carbocycles. The Bertz CT molecular complexity index is 1050. The summed E-state index contributed by atoms with van der Waals surface area (Å²) in [6, 6.07) is 15.0. The molecule has 0 unspecified atom stereocenters. The summed E-state index contributed by atoms with van der Waals surface area (Å²) in [5, 5.41) is 2.59. The average molecular weight is 374 g/mol. The number of ketones is 1. The van der Waals surface area contributed by atoms with Gasteiger partial charge in [0.25, 0.3) is 5.91 Å². The van der Waals surface area contributed by atoms with E-state index in [0.29, 0.717) is 17.2 Å². The molecule has 1 N–H and O–H groups in total. The van der Waals surface area contributed by atoms with Crippen molar-refractivity contribution in [3.8, 4) is 0 Å². The van der Waals surface area contributed by atoms with E-state index < -0.39 is 0 Å². The third-order valence-electron chi connectivity index (χ3n) is 6.05. The zero-order valence-corrected chi connectivity index (χ0v) is 16.7. The lowest BCUT2D eigenvalue weighted by Gasteiger charge is -2.32. The van der Waals surface area contributed by atoms with Gasteiger partial charge in [-0.15, -0.1) is 0 Å². The van der Waals surface area contributed by atoms with E-state index in [2.05, 4.69) is 47.4 Å². The number of nitrogens with zero attached hydrogens (tertiary/aromatic N) is 1. The van der Waals surface area contributed by atoms with Crippen LogP contribution in [0.25, 0.3) is 10.8 Å². The molecule has 3 aromatic rings. The molecule has 1 amide bonds. The maximum Gasteiger partial charge on any atom is 0.270 e. The molecule has 1 aliphatic heterocycles. The van der Waals surface area contributed by atoms with Gasteiger partial charge in [0.15, 0.2) is 5.78 Å². The van der Waals surface area contributed by atoms with Gasteiger partial charge in [0.1, 0.15) is 5.69 Å². The van der Waals surface area contributed by atoms with Crippen molar-refractivity contribution in [2.24, 2.45) is 0 Å². The highest BCUT2D eigenvalue weighted by Gasteiger charge is 2.28. The van der Waals surface area contributed by atoms with Crippen LogP contribution in [-0.4, -0.2) is 34.7 Å². The summed E-state index contributed by atoms with van der Waals surface area (Å²) < 4.78 is 0. The summed E-state index contributed by atoms with van der Waals surface area (Å²) >= 11 is 0. The lowest BCUT2D eigenvalue weighted by molar-refractivity contribution is 0.0707. The molecule has 0 saturated carbocycles. The Balaban J connectivity index is 1.52. The third kappa shape index (κ3) is 3.13. The number of aryl methyl sites for hydroxylation is 1. The third-order valence-corrected chi connectivity index (χ3v) is 6.05. The average Bonchev–Trinajstić information content (AvgIpc) is 3.01. The van der Waals surface area contributed by atoms with Gasteiger partial charge < -0.3 is 9.88 Å². The minimum atomic E-state index is -0.0000334. The van der Waals surface area contributed by atoms with Crippen LogP contribution in [0, 0.1) is 13.8 Å². The lowest BCUT2D eigenvalue weighted by Crippen LogP contribution is -2.38. The maximum absolute atomic E-state index is 13.0. The topological polar surface area (TPSA) is 53.2 Å². The predicted octanol–water partition coefficient (Wildman–Crippen LogP) is 5.01. The van der Waals surface area contributed by atoms with Crippen molar-refractivity contribution in [3.63, 3.8) is 0 Å². The summed E-state index contributed by atoms with van der Waals surface area (Å²) in [4.78, 5) is 30.0. The largest absolute Gasteiger partial charge is 0.354 e. The van der Waals surface area contributed by atoms with Gasteiger partial charge in [0.2, 0.25) is 0 Å². The molecule has 1 aromatic heterocycles. The maximum atomic E-state index is 13.0. The second-order valence-corrected chi connectivity index (χ2v) is 7.82. The van der Waals surface area contributed by atoms with Crippen LogP contribution in [0.3, 0.4) is 0 Å². The minimum absolute atomic E-state index is 0.0000334. The van der Waals surface area contributed by atoms with Gasteiger partial charge in [0.05, 0.1) is 0 Å². The number of benzene rings is 2. The Morgan fingerprint density at radius 1 is 1.00 bits per heavy atom. The molecule has 4 heteroatoms. The second-order valence-electron chi connectivity index (χ2n) is 7.82. The Morgan fingerprint density at radius 2 is 1.68 bits per heavy atom. The van der Waals surface area contributed by atoms with Crippen LogP contribution in [0.15, 0.2) is 42.5 Å². The number of H-pyrrole nitrogens is 1. The Kier molecular flexibility index (Phi) is 4.80. The molecule has 4 rings (SSSR count). The number of amides is 1. The highest BCUT2D eigenvalue weighted by molar-refractivity contribution is 6.02. The quantitative estimate of drug-likeness (QED) is 0.656. The molecule has 144 valence electrons. The number of carbonyl (C=O) groups excluding carboxylic acids is 2. The van der Waals surface area contributed by atoms with Crippen molar-refractivity contribution in [3.05, 3.63) is 70.5 Å². The van der Waals surface area contributed by atoms with E-state index in [-0.39, 0.29) is 11.7 Å². The number of rotatable bonds is 3. The Hall–Kier alpha value is -2.88. The molecule has 0 atom stereocenters. The molecule has 0 bridgehead atoms. The molecular weight excluding hydrogens is 348 g/mol. The fraction of sp³-hybridized carbons (Fsp3) is 0.333. The molecule has 0 radical (unpaired) electrons. The second kappa shape index (κ2) is 7.27. The van der Waals surface area contributed by atoms with E-state index >= 15 is 0 Å². The normalized spacial score (nSPS) is 15.2. The van der Waals surface area contributed by atoms with E-state index in [4.69, 9.17) is 0 Å². The van der Waals surface area contributed by atoms with Gasteiger partial charge in [-0.2, -0.15) is 0 Å². The van der Waals surface area contributed by atoms with Crippen LogP contribution in [0.2, 0.25) is 0 Å². The predicted molar refractivity (Wildman–Crippen MR) is 112 cm³/mol. The van der Waals surface area contributed by atoms with Crippen molar-refractivity contribution in [1.29, 1.82) is 0 Å². The van der Waals surface area contributed by atoms with E-state index in [0.717, 1.165) is 37.2 Å². The smallest absolute Gasteiger partial charge is 0.270 e. The van der Waals surface area contributed by atoms with Crippen LogP contribution in [-0.2, 0) is 0 Å². The molecule has 2 heterocycles. The number of nitrogens with one attached hydrogen (secondary N) is 1. The molecule has 1 aliphatic rings. The standard InChI is InChI=1S/C24H26N2O2/c1-15-22(17(3)27)16(2)25-23(15)24(28)26-13-11-19(12-14-26)21-10-6-8-18-7-4-5-9-20(18)21/h4-10,19,25H,11-14H2,1-3H3. The zero-order chi connectivity index (χ0) is 19.8. The summed E-state index contributed by atoms with van der Waals surface area (Å²) in [5.41, 5.74) is 4.14. The van der Waals surface area contributed by atoms with Crippen molar-refractivity contribution in [2.45, 2.75) is 39.5 Å². The van der Waals surface area contributed by atoms with Gasteiger partial charge >= 0.3 is 0 Å². The first kappa shape index (κ1) is 18.5. The van der Waals surface area contributed by atoms with Gasteiger partial charge in [0, 0.05) is 24.3 Å². The molecule has 0 spiro atoms. The van der Waals surface area contributed by atoms with Crippen LogP contribution >= 0.6 is 0 Å². The lowest BCUT2D eigenvalue weighted by atomic mass is 9.86. The zero-order valence-electron chi connectivity index (χ0n) is 16.7. The van der Waals surface area contributed by atoms with Crippen molar-refractivity contribution >= 4 is 22.5 Å². The number of piperidine rings is 1. The molecule has 1 saturated heterocycles. The molecule has 4 nitrogen and oxygen atoms in total. The van der Waals surface area contributed by atoms with E-state index in [1.54, 1.807) is 6.92 Å². The Labute approximate surface area is 165 Å². The van der Waals surface area contributed by atoms with Crippen molar-refractivity contribution in [1.82, 2.24) is 9.88 Å². The number of aromatic nitrogens is 1. The number of fused-ring (bicyclic) bond motifs is 1. The summed E-state index contributed by atoms with van der Waals surface area (Å²) in [6.07, 6.45) is 1.91. The number of hydrogen-bond acceptors (Lipinski definition) is 2. The Morgan fingerprint density at radius 3 is 2.36 bits per heavy atom. The molecule has 28 heavy (non-hydrogen) atoms. The van der Waals surface area contributed by atoms with Crippen molar-refractivity contribution < 1.29 is 9.59 Å². The number of likely N-dealkylation sites (tertiary alicyclic amines) is 1. The molecule has 1 fully saturated rings. The molecule has 2 aromatic carbocycles. The summed E-state index contributed by atoms with van der Waals surface area (Å²) in [6.45, 7) is 6.73. The van der Waals surface area contributed by atoms with Crippen LogP contribution in [0.4, 0.5) is 0 Å². The van der Waals surface area contributed by atoms with Gasteiger partial charge in [-0.05, 0) is 61.4 Å². The van der Waals surface area contributed by atoms with E-state index in [9.17, 15) is 9.59 Å².